The number of carbonyl (C=O) groups is 1. The number of rotatable bonds is 3. The summed E-state index contributed by atoms with van der Waals surface area (Å²) in [6.45, 7) is 0. The van der Waals surface area contributed by atoms with E-state index in [1.165, 1.54) is 7.11 Å². The maximum atomic E-state index is 12.3. The van der Waals surface area contributed by atoms with Crippen molar-refractivity contribution in [1.82, 2.24) is 0 Å². The van der Waals surface area contributed by atoms with Crippen LogP contribution in [0.1, 0.15) is 15.9 Å². The number of nitrogen functional groups attached to an aromatic ring is 1. The largest absolute Gasteiger partial charge is 0.495 e. The van der Waals surface area contributed by atoms with Gasteiger partial charge in [-0.1, -0.05) is 22.0 Å². The van der Waals surface area contributed by atoms with E-state index in [9.17, 15) is 4.79 Å². The Balaban J connectivity index is 2.41. The average Bonchev–Trinajstić information content (AvgIpc) is 2.49. The van der Waals surface area contributed by atoms with Crippen molar-refractivity contribution in [2.45, 2.75) is 0 Å². The molecule has 0 atom stereocenters. The number of amides is 1. The minimum atomic E-state index is -0.408. The van der Waals surface area contributed by atoms with Crippen molar-refractivity contribution < 1.29 is 9.53 Å². The number of methoxy groups -OCH3 is 1. The first-order valence-electron chi connectivity index (χ1n) is 6.00. The van der Waals surface area contributed by atoms with Crippen molar-refractivity contribution in [3.8, 4) is 11.8 Å². The molecule has 0 unspecified atom stereocenters. The Morgan fingerprint density at radius 3 is 2.81 bits per heavy atom. The highest BCUT2D eigenvalue weighted by Gasteiger charge is 2.15. The molecular weight excluding hydrogens is 334 g/mol. The number of para-hydroxylation sites is 1. The first-order chi connectivity index (χ1) is 10.1. The number of benzene rings is 2. The van der Waals surface area contributed by atoms with Gasteiger partial charge >= 0.3 is 0 Å². The number of nitriles is 1. The van der Waals surface area contributed by atoms with Gasteiger partial charge in [-0.2, -0.15) is 5.26 Å². The van der Waals surface area contributed by atoms with E-state index < -0.39 is 5.91 Å². The summed E-state index contributed by atoms with van der Waals surface area (Å²) >= 11 is 3.29. The van der Waals surface area contributed by atoms with Crippen molar-refractivity contribution in [2.24, 2.45) is 0 Å². The molecule has 1 amide bonds. The SMILES string of the molecule is COc1cccc(C#N)c1NC(=O)c1cc(Br)ccc1N. The number of hydrogen-bond donors (Lipinski definition) is 2. The van der Waals surface area contributed by atoms with Crippen LogP contribution in [0, 0.1) is 11.3 Å². The van der Waals surface area contributed by atoms with Crippen LogP contribution < -0.4 is 15.8 Å². The first-order valence-corrected chi connectivity index (χ1v) is 6.79. The average molecular weight is 346 g/mol. The summed E-state index contributed by atoms with van der Waals surface area (Å²) in [5.74, 6) is 0.00534. The lowest BCUT2D eigenvalue weighted by molar-refractivity contribution is 0.102. The topological polar surface area (TPSA) is 88.1 Å². The second-order valence-electron chi connectivity index (χ2n) is 4.18. The molecule has 0 aliphatic rings. The molecule has 106 valence electrons. The minimum Gasteiger partial charge on any atom is -0.495 e. The zero-order valence-electron chi connectivity index (χ0n) is 11.2. The molecule has 2 aromatic rings. The molecule has 0 heterocycles. The van der Waals surface area contributed by atoms with Crippen LogP contribution in [-0.2, 0) is 0 Å². The lowest BCUT2D eigenvalue weighted by Gasteiger charge is -2.12. The third kappa shape index (κ3) is 3.15. The van der Waals surface area contributed by atoms with E-state index in [1.54, 1.807) is 36.4 Å². The van der Waals surface area contributed by atoms with Gasteiger partial charge in [0.05, 0.1) is 18.2 Å². The molecule has 0 radical (unpaired) electrons. The number of carbonyl (C=O) groups excluding carboxylic acids is 1. The van der Waals surface area contributed by atoms with Gasteiger partial charge < -0.3 is 15.8 Å². The smallest absolute Gasteiger partial charge is 0.257 e. The Morgan fingerprint density at radius 2 is 2.14 bits per heavy atom. The van der Waals surface area contributed by atoms with E-state index >= 15 is 0 Å². The maximum Gasteiger partial charge on any atom is 0.257 e. The molecule has 0 saturated carbocycles. The van der Waals surface area contributed by atoms with E-state index in [-0.39, 0.29) is 0 Å². The monoisotopic (exact) mass is 345 g/mol. The molecule has 6 heteroatoms. The number of nitrogens with two attached hydrogens (primary N) is 1. The van der Waals surface area contributed by atoms with Gasteiger partial charge in [0.1, 0.15) is 17.5 Å². The van der Waals surface area contributed by atoms with E-state index in [2.05, 4.69) is 21.2 Å². The van der Waals surface area contributed by atoms with Gasteiger partial charge in [-0.25, -0.2) is 0 Å². The number of nitrogens with zero attached hydrogens (tertiary/aromatic N) is 1. The number of nitrogens with one attached hydrogen (secondary N) is 1. The number of halogens is 1. The van der Waals surface area contributed by atoms with Crippen molar-refractivity contribution in [3.05, 3.63) is 52.0 Å². The molecule has 0 saturated heterocycles. The highest BCUT2D eigenvalue weighted by Crippen LogP contribution is 2.29. The van der Waals surface area contributed by atoms with Crippen molar-refractivity contribution in [3.63, 3.8) is 0 Å². The number of hydrogen-bond acceptors (Lipinski definition) is 4. The van der Waals surface area contributed by atoms with Gasteiger partial charge in [0.15, 0.2) is 0 Å². The Morgan fingerprint density at radius 1 is 1.38 bits per heavy atom. The molecule has 0 aliphatic heterocycles. The van der Waals surface area contributed by atoms with Crippen molar-refractivity contribution in [2.75, 3.05) is 18.2 Å². The zero-order chi connectivity index (χ0) is 15.4. The lowest BCUT2D eigenvalue weighted by atomic mass is 10.1. The van der Waals surface area contributed by atoms with Gasteiger partial charge in [-0.3, -0.25) is 4.79 Å². The van der Waals surface area contributed by atoms with Crippen LogP contribution in [0.5, 0.6) is 5.75 Å². The molecule has 21 heavy (non-hydrogen) atoms. The van der Waals surface area contributed by atoms with Gasteiger partial charge in [0, 0.05) is 10.2 Å². The third-order valence-electron chi connectivity index (χ3n) is 2.87. The van der Waals surface area contributed by atoms with Gasteiger partial charge in [0.25, 0.3) is 5.91 Å². The van der Waals surface area contributed by atoms with E-state index in [0.29, 0.717) is 28.3 Å². The molecule has 0 aliphatic carbocycles. The Hall–Kier alpha value is -2.52. The molecule has 0 bridgehead atoms. The second-order valence-corrected chi connectivity index (χ2v) is 5.10. The van der Waals surface area contributed by atoms with Crippen LogP contribution in [-0.4, -0.2) is 13.0 Å². The number of anilines is 2. The van der Waals surface area contributed by atoms with Crippen LogP contribution in [0.3, 0.4) is 0 Å². The fourth-order valence-corrected chi connectivity index (χ4v) is 2.19. The van der Waals surface area contributed by atoms with Crippen molar-refractivity contribution >= 4 is 33.2 Å². The standard InChI is InChI=1S/C15H12BrN3O2/c1-21-13-4-2-3-9(8-17)14(13)19-15(20)11-7-10(16)5-6-12(11)18/h2-7H,18H2,1H3,(H,19,20). The molecule has 3 N–H and O–H groups in total. The summed E-state index contributed by atoms with van der Waals surface area (Å²) in [6.07, 6.45) is 0. The van der Waals surface area contributed by atoms with Crippen molar-refractivity contribution in [1.29, 1.82) is 5.26 Å². The predicted octanol–water partition coefficient (Wildman–Crippen LogP) is 3.16. The van der Waals surface area contributed by atoms with Crippen LogP contribution in [0.25, 0.3) is 0 Å². The minimum absolute atomic E-state index is 0.316. The van der Waals surface area contributed by atoms with Gasteiger partial charge in [0.2, 0.25) is 0 Å². The Kier molecular flexibility index (Phi) is 4.45. The van der Waals surface area contributed by atoms with Crippen LogP contribution in [0.4, 0.5) is 11.4 Å². The fraction of sp³-hybridized carbons (Fsp3) is 0.0667. The zero-order valence-corrected chi connectivity index (χ0v) is 12.8. The second kappa shape index (κ2) is 6.29. The molecule has 2 aromatic carbocycles. The molecule has 2 rings (SSSR count). The molecule has 0 spiro atoms. The summed E-state index contributed by atoms with van der Waals surface area (Å²) in [5, 5.41) is 11.8. The summed E-state index contributed by atoms with van der Waals surface area (Å²) in [5.41, 5.74) is 7.12. The molecule has 0 aromatic heterocycles. The summed E-state index contributed by atoms with van der Waals surface area (Å²) < 4.78 is 5.91. The quantitative estimate of drug-likeness (QED) is 0.836. The summed E-state index contributed by atoms with van der Waals surface area (Å²) in [4.78, 5) is 12.3. The summed E-state index contributed by atoms with van der Waals surface area (Å²) in [6, 6.07) is 12.0. The molecular formula is C15H12BrN3O2. The fourth-order valence-electron chi connectivity index (χ4n) is 1.83. The van der Waals surface area contributed by atoms with E-state index in [4.69, 9.17) is 15.7 Å². The maximum absolute atomic E-state index is 12.3. The Bertz CT molecular complexity index is 738. The van der Waals surface area contributed by atoms with E-state index in [0.717, 1.165) is 4.47 Å². The molecule has 5 nitrogen and oxygen atoms in total. The normalized spacial score (nSPS) is 9.76. The van der Waals surface area contributed by atoms with Gasteiger partial charge in [-0.15, -0.1) is 0 Å². The first kappa shape index (κ1) is 14.9. The molecule has 0 fully saturated rings. The van der Waals surface area contributed by atoms with Gasteiger partial charge in [-0.05, 0) is 30.3 Å². The number of ether oxygens (including phenoxy) is 1. The van der Waals surface area contributed by atoms with Crippen LogP contribution >= 0.6 is 15.9 Å². The Labute approximate surface area is 130 Å². The van der Waals surface area contributed by atoms with E-state index in [1.807, 2.05) is 6.07 Å². The highest BCUT2D eigenvalue weighted by molar-refractivity contribution is 9.10. The third-order valence-corrected chi connectivity index (χ3v) is 3.36. The highest BCUT2D eigenvalue weighted by atomic mass is 79.9. The predicted molar refractivity (Wildman–Crippen MR) is 84.2 cm³/mol. The van der Waals surface area contributed by atoms with Crippen LogP contribution in [0.2, 0.25) is 0 Å². The summed E-state index contributed by atoms with van der Waals surface area (Å²) in [7, 11) is 1.47. The lowest BCUT2D eigenvalue weighted by Crippen LogP contribution is -2.15. The van der Waals surface area contributed by atoms with Crippen LogP contribution in [0.15, 0.2) is 40.9 Å².